The zero-order chi connectivity index (χ0) is 19.9. The van der Waals surface area contributed by atoms with Crippen molar-refractivity contribution in [2.45, 2.75) is 25.8 Å². The molecule has 0 bridgehead atoms. The average Bonchev–Trinajstić information content (AvgIpc) is 3.12. The van der Waals surface area contributed by atoms with E-state index in [-0.39, 0.29) is 18.4 Å². The summed E-state index contributed by atoms with van der Waals surface area (Å²) < 4.78 is 5.09. The minimum absolute atomic E-state index is 0.156. The molecule has 1 saturated heterocycles. The Morgan fingerprint density at radius 3 is 2.57 bits per heavy atom. The molecule has 28 heavy (non-hydrogen) atoms. The third kappa shape index (κ3) is 5.29. The monoisotopic (exact) mass is 382 g/mol. The maximum Gasteiger partial charge on any atom is 0.246 e. The number of likely N-dealkylation sites (N-methyl/N-ethyl adjacent to an activating group) is 1. The Bertz CT molecular complexity index is 834. The number of carbonyl (C=O) groups is 2. The Kier molecular flexibility index (Phi) is 6.60. The van der Waals surface area contributed by atoms with Crippen LogP contribution in [0.3, 0.4) is 0 Å². The van der Waals surface area contributed by atoms with Crippen LogP contribution in [0.1, 0.15) is 35.9 Å². The van der Waals surface area contributed by atoms with E-state index in [2.05, 4.69) is 26.8 Å². The fraction of sp³-hybridized carbons (Fsp3) is 0.381. The van der Waals surface area contributed by atoms with E-state index in [0.29, 0.717) is 0 Å². The van der Waals surface area contributed by atoms with Gasteiger partial charge in [-0.25, -0.2) is 0 Å². The average molecular weight is 382 g/mol. The van der Waals surface area contributed by atoms with Gasteiger partial charge in [-0.15, -0.1) is 0 Å². The molecule has 1 fully saturated rings. The summed E-state index contributed by atoms with van der Waals surface area (Å²) in [6, 6.07) is 10.5. The van der Waals surface area contributed by atoms with E-state index in [9.17, 15) is 9.59 Å². The number of piperidine rings is 1. The van der Waals surface area contributed by atoms with Gasteiger partial charge in [-0.3, -0.25) is 14.5 Å². The topological polar surface area (TPSA) is 87.5 Å². The molecule has 3 rings (SSSR count). The number of hydrogen-bond donors (Lipinski definition) is 2. The number of likely N-dealkylation sites (tertiary alicyclic amines) is 1. The van der Waals surface area contributed by atoms with Gasteiger partial charge in [0.05, 0.1) is 6.54 Å². The molecule has 0 aliphatic carbocycles. The zero-order valence-electron chi connectivity index (χ0n) is 16.3. The maximum atomic E-state index is 12.5. The first-order valence-corrected chi connectivity index (χ1v) is 9.46. The van der Waals surface area contributed by atoms with Gasteiger partial charge < -0.3 is 15.2 Å². The van der Waals surface area contributed by atoms with Gasteiger partial charge in [0.25, 0.3) is 0 Å². The largest absolute Gasteiger partial charge is 0.361 e. The van der Waals surface area contributed by atoms with E-state index >= 15 is 0 Å². The Hall–Kier alpha value is -2.93. The van der Waals surface area contributed by atoms with Gasteiger partial charge in [0.1, 0.15) is 17.5 Å². The van der Waals surface area contributed by atoms with Crippen LogP contribution in [0.15, 0.2) is 46.5 Å². The van der Waals surface area contributed by atoms with Gasteiger partial charge in [0, 0.05) is 26.2 Å². The smallest absolute Gasteiger partial charge is 0.246 e. The Morgan fingerprint density at radius 2 is 1.96 bits per heavy atom. The van der Waals surface area contributed by atoms with E-state index in [1.165, 1.54) is 5.57 Å². The first-order chi connectivity index (χ1) is 13.5. The Morgan fingerprint density at radius 1 is 1.25 bits per heavy atom. The summed E-state index contributed by atoms with van der Waals surface area (Å²) in [7, 11) is 1.57. The first-order valence-electron chi connectivity index (χ1n) is 9.46. The first kappa shape index (κ1) is 19.8. The predicted molar refractivity (Wildman–Crippen MR) is 106 cm³/mol. The van der Waals surface area contributed by atoms with Crippen molar-refractivity contribution in [3.05, 3.63) is 59.0 Å². The third-order valence-electron chi connectivity index (χ3n) is 4.81. The highest BCUT2D eigenvalue weighted by atomic mass is 16.5. The highest BCUT2D eigenvalue weighted by Crippen LogP contribution is 2.19. The van der Waals surface area contributed by atoms with E-state index in [1.54, 1.807) is 7.05 Å². The zero-order valence-corrected chi connectivity index (χ0v) is 16.3. The summed E-state index contributed by atoms with van der Waals surface area (Å²) >= 11 is 0. The predicted octanol–water partition coefficient (Wildman–Crippen LogP) is 2.07. The lowest BCUT2D eigenvalue weighted by atomic mass is 10.0. The highest BCUT2D eigenvalue weighted by molar-refractivity contribution is 5.89. The van der Waals surface area contributed by atoms with Crippen molar-refractivity contribution in [3.8, 4) is 0 Å². The lowest BCUT2D eigenvalue weighted by Gasteiger charge is -2.28. The molecule has 0 unspecified atom stereocenters. The second kappa shape index (κ2) is 9.32. The standard InChI is InChI=1S/C21H26N4O3/c1-15-12-18(24-28-15)13-16-8-10-25(11-9-16)14-19(26)23-20(21(27)22-2)17-6-4-3-5-7-17/h3-7,12-13,20H,8-11,14H2,1-2H3,(H,22,27)(H,23,26)/t20-/m0/s1. The van der Waals surface area contributed by atoms with E-state index in [4.69, 9.17) is 4.52 Å². The number of nitrogens with one attached hydrogen (secondary N) is 2. The molecule has 2 heterocycles. The number of carbonyl (C=O) groups excluding carboxylic acids is 2. The second-order valence-corrected chi connectivity index (χ2v) is 6.97. The Balaban J connectivity index is 1.53. The highest BCUT2D eigenvalue weighted by Gasteiger charge is 2.23. The molecule has 1 aliphatic heterocycles. The number of rotatable bonds is 6. The van der Waals surface area contributed by atoms with Crippen LogP contribution in [-0.4, -0.2) is 48.6 Å². The summed E-state index contributed by atoms with van der Waals surface area (Å²) in [6.07, 6.45) is 3.83. The normalized spacial score (nSPS) is 15.7. The van der Waals surface area contributed by atoms with Crippen LogP contribution >= 0.6 is 0 Å². The van der Waals surface area contributed by atoms with Gasteiger partial charge in [0.2, 0.25) is 11.8 Å². The SMILES string of the molecule is CNC(=O)[C@@H](NC(=O)CN1CCC(=Cc2cc(C)on2)CC1)c1ccccc1. The number of nitrogens with zero attached hydrogens (tertiary/aromatic N) is 2. The van der Waals surface area contributed by atoms with Crippen molar-refractivity contribution in [1.82, 2.24) is 20.7 Å². The fourth-order valence-corrected chi connectivity index (χ4v) is 3.31. The molecule has 2 aromatic rings. The van der Waals surface area contributed by atoms with Gasteiger partial charge >= 0.3 is 0 Å². The van der Waals surface area contributed by atoms with Crippen LogP contribution in [0.2, 0.25) is 0 Å². The van der Waals surface area contributed by atoms with Crippen molar-refractivity contribution >= 4 is 17.9 Å². The van der Waals surface area contributed by atoms with Crippen molar-refractivity contribution in [3.63, 3.8) is 0 Å². The van der Waals surface area contributed by atoms with Crippen LogP contribution in [0.4, 0.5) is 0 Å². The summed E-state index contributed by atoms with van der Waals surface area (Å²) in [5, 5.41) is 9.47. The number of aryl methyl sites for hydroxylation is 1. The lowest BCUT2D eigenvalue weighted by molar-refractivity contribution is -0.129. The molecule has 0 saturated carbocycles. The minimum atomic E-state index is -0.686. The van der Waals surface area contributed by atoms with Crippen LogP contribution in [0.25, 0.3) is 6.08 Å². The molecule has 2 N–H and O–H groups in total. The van der Waals surface area contributed by atoms with Crippen LogP contribution in [0.5, 0.6) is 0 Å². The fourth-order valence-electron chi connectivity index (χ4n) is 3.31. The number of benzene rings is 1. The summed E-state index contributed by atoms with van der Waals surface area (Å²) in [4.78, 5) is 26.8. The molecular formula is C21H26N4O3. The molecule has 1 atom stereocenters. The van der Waals surface area contributed by atoms with Crippen molar-refractivity contribution in [2.75, 3.05) is 26.7 Å². The van der Waals surface area contributed by atoms with Crippen molar-refractivity contribution < 1.29 is 14.1 Å². The summed E-state index contributed by atoms with van der Waals surface area (Å²) in [6.45, 7) is 3.74. The number of hydrogen-bond acceptors (Lipinski definition) is 5. The molecule has 0 radical (unpaired) electrons. The van der Waals surface area contributed by atoms with Gasteiger partial charge in [-0.1, -0.05) is 41.1 Å². The number of aromatic nitrogens is 1. The third-order valence-corrected chi connectivity index (χ3v) is 4.81. The molecule has 7 nitrogen and oxygen atoms in total. The van der Waals surface area contributed by atoms with E-state index < -0.39 is 6.04 Å². The molecule has 148 valence electrons. The minimum Gasteiger partial charge on any atom is -0.361 e. The maximum absolute atomic E-state index is 12.5. The van der Waals surface area contributed by atoms with Crippen LogP contribution in [-0.2, 0) is 9.59 Å². The van der Waals surface area contributed by atoms with Gasteiger partial charge in [-0.2, -0.15) is 0 Å². The Labute approximate surface area is 164 Å². The van der Waals surface area contributed by atoms with Gasteiger partial charge in [-0.05, 0) is 31.4 Å². The molecule has 1 aromatic heterocycles. The lowest BCUT2D eigenvalue weighted by Crippen LogP contribution is -2.45. The molecule has 7 heteroatoms. The summed E-state index contributed by atoms with van der Waals surface area (Å²) in [5.74, 6) is 0.411. The second-order valence-electron chi connectivity index (χ2n) is 6.97. The molecular weight excluding hydrogens is 356 g/mol. The number of amides is 2. The van der Waals surface area contributed by atoms with Crippen LogP contribution < -0.4 is 10.6 Å². The van der Waals surface area contributed by atoms with E-state index in [0.717, 1.165) is 42.9 Å². The molecule has 2 amide bonds. The molecule has 0 spiro atoms. The van der Waals surface area contributed by atoms with E-state index in [1.807, 2.05) is 43.3 Å². The van der Waals surface area contributed by atoms with Gasteiger partial charge in [0.15, 0.2) is 0 Å². The molecule has 1 aliphatic rings. The van der Waals surface area contributed by atoms with Crippen molar-refractivity contribution in [2.24, 2.45) is 0 Å². The summed E-state index contributed by atoms with van der Waals surface area (Å²) in [5.41, 5.74) is 2.91. The van der Waals surface area contributed by atoms with Crippen molar-refractivity contribution in [1.29, 1.82) is 0 Å². The molecule has 1 aromatic carbocycles. The quantitative estimate of drug-likeness (QED) is 0.799. The van der Waals surface area contributed by atoms with Crippen LogP contribution in [0, 0.1) is 6.92 Å².